The highest BCUT2D eigenvalue weighted by molar-refractivity contribution is 5.93. The summed E-state index contributed by atoms with van der Waals surface area (Å²) in [5.41, 5.74) is 6.76. The minimum Gasteiger partial charge on any atom is -0.493 e. The third-order valence-electron chi connectivity index (χ3n) is 9.09. The Kier molecular flexibility index (Phi) is 8.38. The van der Waals surface area contributed by atoms with Crippen LogP contribution in [0.3, 0.4) is 0 Å². The van der Waals surface area contributed by atoms with Crippen LogP contribution in [0.25, 0.3) is 10.9 Å². The summed E-state index contributed by atoms with van der Waals surface area (Å²) in [6.07, 6.45) is 9.13. The molecule has 3 aliphatic rings. The first-order valence-corrected chi connectivity index (χ1v) is 15.8. The van der Waals surface area contributed by atoms with E-state index in [2.05, 4.69) is 88.7 Å². The smallest absolute Gasteiger partial charge is 0.121 e. The number of pyridine rings is 1. The van der Waals surface area contributed by atoms with Crippen LogP contribution in [0.2, 0.25) is 0 Å². The second kappa shape index (κ2) is 12.3. The zero-order valence-electron chi connectivity index (χ0n) is 25.4. The number of likely N-dealkylation sites (tertiary alicyclic amines) is 2. The lowest BCUT2D eigenvalue weighted by atomic mass is 9.95. The van der Waals surface area contributed by atoms with E-state index in [0.29, 0.717) is 18.1 Å². The van der Waals surface area contributed by atoms with Gasteiger partial charge in [0.05, 0.1) is 12.1 Å². The fourth-order valence-electron chi connectivity index (χ4n) is 7.18. The van der Waals surface area contributed by atoms with E-state index in [9.17, 15) is 0 Å². The highest BCUT2D eigenvalue weighted by atomic mass is 16.5. The molecule has 3 fully saturated rings. The highest BCUT2D eigenvalue weighted by Crippen LogP contribution is 2.34. The molecular formula is C35H47N5O. The average Bonchev–Trinajstić information content (AvgIpc) is 3.55. The lowest BCUT2D eigenvalue weighted by Gasteiger charge is -2.39. The molecule has 1 aromatic heterocycles. The molecular weight excluding hydrogens is 506 g/mol. The summed E-state index contributed by atoms with van der Waals surface area (Å²) in [6.45, 7) is 12.9. The van der Waals surface area contributed by atoms with E-state index in [1.165, 1.54) is 62.0 Å². The molecule has 2 aromatic carbocycles. The zero-order chi connectivity index (χ0) is 28.3. The first-order valence-electron chi connectivity index (χ1n) is 15.8. The van der Waals surface area contributed by atoms with Gasteiger partial charge in [-0.1, -0.05) is 37.5 Å². The molecule has 6 nitrogen and oxygen atoms in total. The van der Waals surface area contributed by atoms with Crippen LogP contribution in [-0.4, -0.2) is 59.2 Å². The Bertz CT molecular complexity index is 1390. The van der Waals surface area contributed by atoms with Crippen LogP contribution in [-0.2, 0) is 0 Å². The number of nitrogens with one attached hydrogen (secondary N) is 2. The van der Waals surface area contributed by atoms with Gasteiger partial charge in [0.15, 0.2) is 0 Å². The minimum absolute atomic E-state index is 0.639. The fourth-order valence-corrected chi connectivity index (χ4v) is 7.18. The zero-order valence-corrected chi connectivity index (χ0v) is 25.4. The average molecular weight is 554 g/mol. The van der Waals surface area contributed by atoms with Crippen LogP contribution < -0.4 is 15.4 Å². The molecule has 218 valence electrons. The van der Waals surface area contributed by atoms with Crippen molar-refractivity contribution in [2.75, 3.05) is 31.6 Å². The molecule has 0 spiro atoms. The third-order valence-corrected chi connectivity index (χ3v) is 9.09. The second-order valence-electron chi connectivity index (χ2n) is 12.7. The van der Waals surface area contributed by atoms with Crippen LogP contribution in [0.5, 0.6) is 5.75 Å². The van der Waals surface area contributed by atoms with Crippen LogP contribution in [0.15, 0.2) is 59.9 Å². The fraction of sp³-hybridized carbons (Fsp3) is 0.514. The van der Waals surface area contributed by atoms with Crippen molar-refractivity contribution in [3.05, 3.63) is 71.2 Å². The topological polar surface area (TPSA) is 52.7 Å². The van der Waals surface area contributed by atoms with E-state index in [4.69, 9.17) is 4.74 Å². The first-order chi connectivity index (χ1) is 19.9. The van der Waals surface area contributed by atoms with E-state index < -0.39 is 0 Å². The Morgan fingerprint density at radius 3 is 2.59 bits per heavy atom. The van der Waals surface area contributed by atoms with E-state index in [0.717, 1.165) is 59.8 Å². The SMILES string of the molecule is CC(C)=C(NC1CCCCC1)N1CC2CC1CN2CCCOc1cc(C)cc(Nc2cc(C)nc3ccccc23)c1. The molecule has 2 bridgehead atoms. The van der Waals surface area contributed by atoms with Gasteiger partial charge in [0.2, 0.25) is 0 Å². The van der Waals surface area contributed by atoms with Crippen molar-refractivity contribution in [3.63, 3.8) is 0 Å². The molecule has 1 aliphatic carbocycles. The Morgan fingerprint density at radius 1 is 0.976 bits per heavy atom. The number of hydrogen-bond acceptors (Lipinski definition) is 6. The van der Waals surface area contributed by atoms with Gasteiger partial charge in [-0.25, -0.2) is 0 Å². The summed E-state index contributed by atoms with van der Waals surface area (Å²) in [5.74, 6) is 2.35. The van der Waals surface area contributed by atoms with Gasteiger partial charge in [-0.2, -0.15) is 0 Å². The Hall–Kier alpha value is -3.25. The Labute approximate surface area is 246 Å². The number of hydrogen-bond donors (Lipinski definition) is 2. The number of aryl methyl sites for hydroxylation is 2. The number of para-hydroxylation sites is 1. The largest absolute Gasteiger partial charge is 0.493 e. The van der Waals surface area contributed by atoms with Crippen molar-refractivity contribution in [3.8, 4) is 5.75 Å². The maximum atomic E-state index is 6.28. The van der Waals surface area contributed by atoms with Crippen molar-refractivity contribution < 1.29 is 4.74 Å². The van der Waals surface area contributed by atoms with Gasteiger partial charge >= 0.3 is 0 Å². The van der Waals surface area contributed by atoms with Crippen molar-refractivity contribution in [2.45, 2.75) is 90.8 Å². The summed E-state index contributed by atoms with van der Waals surface area (Å²) >= 11 is 0. The highest BCUT2D eigenvalue weighted by Gasteiger charge is 2.44. The number of rotatable bonds is 10. The molecule has 2 saturated heterocycles. The summed E-state index contributed by atoms with van der Waals surface area (Å²) < 4.78 is 6.28. The molecule has 6 heteroatoms. The molecule has 2 N–H and O–H groups in total. The minimum atomic E-state index is 0.639. The number of nitrogens with zero attached hydrogens (tertiary/aromatic N) is 3. The second-order valence-corrected chi connectivity index (χ2v) is 12.7. The normalized spacial score (nSPS) is 20.9. The number of aromatic nitrogens is 1. The van der Waals surface area contributed by atoms with Gasteiger partial charge in [0, 0.05) is 66.3 Å². The van der Waals surface area contributed by atoms with Crippen molar-refractivity contribution >= 4 is 22.3 Å². The lowest BCUT2D eigenvalue weighted by Crippen LogP contribution is -2.50. The maximum Gasteiger partial charge on any atom is 0.121 e. The molecule has 2 unspecified atom stereocenters. The maximum absolute atomic E-state index is 6.28. The molecule has 0 radical (unpaired) electrons. The number of piperazine rings is 1. The lowest BCUT2D eigenvalue weighted by molar-refractivity contribution is 0.135. The van der Waals surface area contributed by atoms with Crippen molar-refractivity contribution in [1.82, 2.24) is 20.1 Å². The number of ether oxygens (including phenoxy) is 1. The molecule has 2 aliphatic heterocycles. The Balaban J connectivity index is 1.01. The standard InChI is InChI=1S/C35H47N5O/c1-24(2)35(38-27-11-6-5-7-12-27)40-23-29-21-30(40)22-39(29)15-10-16-41-31-18-25(3)17-28(20-31)37-34-19-26(4)36-33-14-9-8-13-32(33)34/h8-9,13-14,17-20,27,29-30,38H,5-7,10-12,15-16,21-23H2,1-4H3,(H,36,37). The predicted octanol–water partition coefficient (Wildman–Crippen LogP) is 7.30. The van der Waals surface area contributed by atoms with E-state index in [1.54, 1.807) is 0 Å². The third kappa shape index (κ3) is 6.48. The van der Waals surface area contributed by atoms with Crippen LogP contribution in [0, 0.1) is 13.8 Å². The van der Waals surface area contributed by atoms with E-state index in [1.807, 2.05) is 13.0 Å². The van der Waals surface area contributed by atoms with Crippen LogP contribution in [0.4, 0.5) is 11.4 Å². The summed E-state index contributed by atoms with van der Waals surface area (Å²) in [4.78, 5) is 10.1. The summed E-state index contributed by atoms with van der Waals surface area (Å²) in [6, 6.07) is 18.8. The summed E-state index contributed by atoms with van der Waals surface area (Å²) in [7, 11) is 0. The first kappa shape index (κ1) is 27.9. The van der Waals surface area contributed by atoms with Gasteiger partial charge in [-0.05, 0) is 88.8 Å². The van der Waals surface area contributed by atoms with Gasteiger partial charge < -0.3 is 20.3 Å². The molecule has 2 atom stereocenters. The number of allylic oxidation sites excluding steroid dienone is 1. The molecule has 6 rings (SSSR count). The van der Waals surface area contributed by atoms with Crippen LogP contribution >= 0.6 is 0 Å². The number of benzene rings is 2. The number of fused-ring (bicyclic) bond motifs is 3. The predicted molar refractivity (Wildman–Crippen MR) is 170 cm³/mol. The quantitative estimate of drug-likeness (QED) is 0.257. The summed E-state index contributed by atoms with van der Waals surface area (Å²) in [5, 5.41) is 8.72. The molecule has 3 heterocycles. The van der Waals surface area contributed by atoms with Crippen molar-refractivity contribution in [2.24, 2.45) is 0 Å². The number of anilines is 2. The van der Waals surface area contributed by atoms with Crippen LogP contribution in [0.1, 0.15) is 70.1 Å². The molecule has 41 heavy (non-hydrogen) atoms. The molecule has 1 saturated carbocycles. The van der Waals surface area contributed by atoms with Crippen molar-refractivity contribution in [1.29, 1.82) is 0 Å². The van der Waals surface area contributed by atoms with Gasteiger partial charge in [0.25, 0.3) is 0 Å². The van der Waals surface area contributed by atoms with Gasteiger partial charge in [-0.15, -0.1) is 0 Å². The van der Waals surface area contributed by atoms with E-state index >= 15 is 0 Å². The van der Waals surface area contributed by atoms with E-state index in [-0.39, 0.29) is 0 Å². The Morgan fingerprint density at radius 2 is 1.80 bits per heavy atom. The monoisotopic (exact) mass is 553 g/mol. The molecule has 3 aromatic rings. The van der Waals surface area contributed by atoms with Gasteiger partial charge in [0.1, 0.15) is 11.6 Å². The molecule has 0 amide bonds. The van der Waals surface area contributed by atoms with Gasteiger partial charge in [-0.3, -0.25) is 9.88 Å².